The number of fused-ring (bicyclic) bond motifs is 3. The molecule has 1 aliphatic carbocycles. The summed E-state index contributed by atoms with van der Waals surface area (Å²) < 4.78 is 6.75. The van der Waals surface area contributed by atoms with Crippen molar-refractivity contribution in [3.8, 4) is 0 Å². The van der Waals surface area contributed by atoms with Gasteiger partial charge >= 0.3 is 5.97 Å². The minimum atomic E-state index is -0.420. The lowest BCUT2D eigenvalue weighted by Gasteiger charge is -2.27. The summed E-state index contributed by atoms with van der Waals surface area (Å²) in [7, 11) is 0. The largest absolute Gasteiger partial charge is 0.466 e. The fourth-order valence-electron chi connectivity index (χ4n) is 4.46. The van der Waals surface area contributed by atoms with Gasteiger partial charge in [-0.05, 0) is 57.9 Å². The molecule has 0 spiro atoms. The van der Waals surface area contributed by atoms with E-state index < -0.39 is 5.92 Å². The molecule has 0 N–H and O–H groups in total. The van der Waals surface area contributed by atoms with E-state index in [9.17, 15) is 14.4 Å². The number of nitrogens with zero attached hydrogens (tertiary/aromatic N) is 3. The lowest BCUT2D eigenvalue weighted by Crippen LogP contribution is -2.40. The molecule has 1 unspecified atom stereocenters. The summed E-state index contributed by atoms with van der Waals surface area (Å²) in [6.07, 6.45) is 5.58. The van der Waals surface area contributed by atoms with Crippen molar-refractivity contribution in [2.75, 3.05) is 19.7 Å². The van der Waals surface area contributed by atoms with Crippen LogP contribution in [0.5, 0.6) is 0 Å². The predicted molar refractivity (Wildman–Crippen MR) is 111 cm³/mol. The number of ether oxygens (including phenoxy) is 1. The number of piperidine rings is 1. The van der Waals surface area contributed by atoms with E-state index in [1.807, 2.05) is 4.90 Å². The summed E-state index contributed by atoms with van der Waals surface area (Å²) >= 11 is 1.50. The third-order valence-corrected chi connectivity index (χ3v) is 7.09. The molecule has 2 aromatic heterocycles. The molecule has 156 valence electrons. The molecule has 3 heterocycles. The quantitative estimate of drug-likeness (QED) is 0.715. The molecule has 8 heteroatoms. The number of hydrogen-bond donors (Lipinski definition) is 0. The number of hydrogen-bond acceptors (Lipinski definition) is 6. The van der Waals surface area contributed by atoms with Gasteiger partial charge in [0.2, 0.25) is 5.91 Å². The van der Waals surface area contributed by atoms with Gasteiger partial charge in [0, 0.05) is 18.0 Å². The first-order valence-corrected chi connectivity index (χ1v) is 11.3. The highest BCUT2D eigenvalue weighted by Crippen LogP contribution is 2.41. The van der Waals surface area contributed by atoms with Crippen LogP contribution in [0.3, 0.4) is 0 Å². The number of aryl methyl sites for hydroxylation is 2. The molecule has 2 aromatic rings. The van der Waals surface area contributed by atoms with E-state index in [0.29, 0.717) is 29.1 Å². The first-order valence-electron chi connectivity index (χ1n) is 10.5. The number of carbonyl (C=O) groups excluding carboxylic acids is 2. The zero-order valence-corrected chi connectivity index (χ0v) is 17.8. The summed E-state index contributed by atoms with van der Waals surface area (Å²) in [5, 5.41) is 0.500. The molecule has 1 aliphatic heterocycles. The van der Waals surface area contributed by atoms with E-state index in [4.69, 9.17) is 4.74 Å². The van der Waals surface area contributed by atoms with Crippen LogP contribution < -0.4 is 5.56 Å². The fourth-order valence-corrected chi connectivity index (χ4v) is 5.77. The number of likely N-dealkylation sites (tertiary alicyclic amines) is 1. The maximum Gasteiger partial charge on any atom is 0.313 e. The molecule has 0 aromatic carbocycles. The van der Waals surface area contributed by atoms with Crippen LogP contribution in [0.25, 0.3) is 10.2 Å². The second-order valence-corrected chi connectivity index (χ2v) is 8.89. The van der Waals surface area contributed by atoms with Crippen molar-refractivity contribution in [1.29, 1.82) is 0 Å². The maximum absolute atomic E-state index is 13.4. The van der Waals surface area contributed by atoms with Crippen molar-refractivity contribution in [2.45, 2.75) is 64.8 Å². The van der Waals surface area contributed by atoms with Gasteiger partial charge in [-0.25, -0.2) is 4.98 Å². The van der Waals surface area contributed by atoms with Crippen molar-refractivity contribution in [1.82, 2.24) is 14.5 Å². The zero-order chi connectivity index (χ0) is 20.5. The van der Waals surface area contributed by atoms with Crippen LogP contribution in [0.15, 0.2) is 4.79 Å². The third-order valence-electron chi connectivity index (χ3n) is 5.93. The molecule has 7 nitrogen and oxygen atoms in total. The second kappa shape index (κ2) is 8.26. The van der Waals surface area contributed by atoms with Crippen molar-refractivity contribution < 1.29 is 14.3 Å². The van der Waals surface area contributed by atoms with E-state index in [1.54, 1.807) is 13.8 Å². The van der Waals surface area contributed by atoms with Gasteiger partial charge in [0.1, 0.15) is 17.2 Å². The summed E-state index contributed by atoms with van der Waals surface area (Å²) in [6.45, 7) is 5.38. The predicted octanol–water partition coefficient (Wildman–Crippen LogP) is 2.76. The van der Waals surface area contributed by atoms with Crippen LogP contribution in [-0.2, 0) is 27.3 Å². The van der Waals surface area contributed by atoms with Crippen LogP contribution >= 0.6 is 11.3 Å². The number of aromatic nitrogens is 2. The van der Waals surface area contributed by atoms with E-state index >= 15 is 0 Å². The Kier molecular flexibility index (Phi) is 5.72. The Morgan fingerprint density at radius 2 is 1.97 bits per heavy atom. The van der Waals surface area contributed by atoms with Gasteiger partial charge in [0.25, 0.3) is 5.56 Å². The van der Waals surface area contributed by atoms with Crippen LogP contribution in [0.1, 0.15) is 61.2 Å². The summed E-state index contributed by atoms with van der Waals surface area (Å²) in [4.78, 5) is 46.9. The first-order chi connectivity index (χ1) is 14.0. The van der Waals surface area contributed by atoms with Gasteiger partial charge in [-0.3, -0.25) is 19.0 Å². The Morgan fingerprint density at radius 3 is 2.69 bits per heavy atom. The lowest BCUT2D eigenvalue weighted by molar-refractivity contribution is -0.145. The average molecular weight is 418 g/mol. The van der Waals surface area contributed by atoms with Gasteiger partial charge in [-0.15, -0.1) is 11.3 Å². The minimum absolute atomic E-state index is 0.00228. The third kappa shape index (κ3) is 3.70. The number of thiophene rings is 1. The normalized spacial score (nSPS) is 19.2. The molecule has 4 rings (SSSR count). The van der Waals surface area contributed by atoms with Gasteiger partial charge in [0.15, 0.2) is 0 Å². The van der Waals surface area contributed by atoms with Crippen LogP contribution in [0.4, 0.5) is 0 Å². The van der Waals surface area contributed by atoms with Crippen molar-refractivity contribution in [3.63, 3.8) is 0 Å². The molecule has 1 saturated heterocycles. The van der Waals surface area contributed by atoms with Crippen LogP contribution in [0.2, 0.25) is 0 Å². The molecule has 0 saturated carbocycles. The number of rotatable bonds is 4. The lowest BCUT2D eigenvalue weighted by atomic mass is 9.86. The number of amides is 1. The Morgan fingerprint density at radius 1 is 1.21 bits per heavy atom. The fraction of sp³-hybridized carbons (Fsp3) is 0.619. The van der Waals surface area contributed by atoms with Crippen molar-refractivity contribution in [2.24, 2.45) is 0 Å². The van der Waals surface area contributed by atoms with Crippen LogP contribution in [-0.4, -0.2) is 46.0 Å². The van der Waals surface area contributed by atoms with Gasteiger partial charge in [0.05, 0.1) is 17.9 Å². The van der Waals surface area contributed by atoms with Crippen LogP contribution in [0, 0.1) is 6.92 Å². The van der Waals surface area contributed by atoms with Gasteiger partial charge < -0.3 is 9.64 Å². The molecule has 1 amide bonds. The Bertz CT molecular complexity index is 1000. The SMILES string of the molecule is CCOC(=O)C1CCCc2sc3nc(C)n(CC(=O)N4CCCCC4)c(=O)c3c21. The molecular weight excluding hydrogens is 390 g/mol. The molecule has 0 radical (unpaired) electrons. The van der Waals surface area contributed by atoms with Crippen molar-refractivity contribution >= 4 is 33.4 Å². The topological polar surface area (TPSA) is 81.5 Å². The maximum atomic E-state index is 13.4. The highest BCUT2D eigenvalue weighted by Gasteiger charge is 2.33. The Hall–Kier alpha value is -2.22. The Labute approximate surface area is 173 Å². The smallest absolute Gasteiger partial charge is 0.313 e. The summed E-state index contributed by atoms with van der Waals surface area (Å²) in [5.41, 5.74) is 0.568. The monoisotopic (exact) mass is 417 g/mol. The standard InChI is InChI=1S/C21H27N3O4S/c1-3-28-21(27)14-8-7-9-15-17(14)18-19(29-15)22-13(2)24(20(18)26)12-16(25)23-10-5-4-6-11-23/h14H,3-12H2,1-2H3. The number of esters is 1. The second-order valence-electron chi connectivity index (χ2n) is 7.81. The summed E-state index contributed by atoms with van der Waals surface area (Å²) in [6, 6.07) is 0. The van der Waals surface area contributed by atoms with E-state index in [2.05, 4.69) is 4.98 Å². The molecule has 0 bridgehead atoms. The molecule has 2 aliphatic rings. The first kappa shape index (κ1) is 20.1. The van der Waals surface area contributed by atoms with Gasteiger partial charge in [-0.1, -0.05) is 0 Å². The van der Waals surface area contributed by atoms with Gasteiger partial charge in [-0.2, -0.15) is 0 Å². The summed E-state index contributed by atoms with van der Waals surface area (Å²) in [5.74, 6) is -0.193. The molecule has 29 heavy (non-hydrogen) atoms. The molecule has 1 fully saturated rings. The highest BCUT2D eigenvalue weighted by atomic mass is 32.1. The zero-order valence-electron chi connectivity index (χ0n) is 17.0. The molecular formula is C21H27N3O4S. The number of carbonyl (C=O) groups is 2. The minimum Gasteiger partial charge on any atom is -0.466 e. The average Bonchev–Trinajstić information content (AvgIpc) is 3.10. The van der Waals surface area contributed by atoms with Crippen molar-refractivity contribution in [3.05, 3.63) is 26.6 Å². The van der Waals surface area contributed by atoms with E-state index in [1.165, 1.54) is 15.9 Å². The van der Waals surface area contributed by atoms with E-state index in [0.717, 1.165) is 55.6 Å². The molecule has 1 atom stereocenters. The van der Waals surface area contributed by atoms with E-state index in [-0.39, 0.29) is 24.0 Å². The highest BCUT2D eigenvalue weighted by molar-refractivity contribution is 7.18. The Balaban J connectivity index is 1.76.